The van der Waals surface area contributed by atoms with E-state index in [1.54, 1.807) is 0 Å². The number of rotatable bonds is 20. The minimum atomic E-state index is -3.09. The fraction of sp³-hybridized carbons (Fsp3) is 0.385. The zero-order valence-corrected chi connectivity index (χ0v) is 33.8. The van der Waals surface area contributed by atoms with Gasteiger partial charge in [0.2, 0.25) is 5.91 Å². The standard InChI is InChI=1S/C39H48BrN4O8PS/c1-51-36(47)26-42-37(48)32(43-34(45)22-21-31(41)39(50)52-2)27-54-33-25-35(46)44(38(33)49)23-13-6-14-24-53(40,28-15-7-3-8-16-28,29-17-9-4-10-18-29)30-19-11-5-12-20-30/h3-5,7-12,15-20,31-33H,6,13-14,21-27,41H2,1-2H3,(H,42,48)(H,43,45). The van der Waals surface area contributed by atoms with Crippen LogP contribution >= 0.6 is 32.6 Å². The van der Waals surface area contributed by atoms with E-state index in [-0.39, 0.29) is 43.4 Å². The van der Waals surface area contributed by atoms with Gasteiger partial charge in [0.25, 0.3) is 0 Å². The molecule has 1 aliphatic rings. The third-order valence-corrected chi connectivity index (χ3v) is 20.8. The number of nitrogens with two attached hydrogens (primary N) is 1. The topological polar surface area (TPSA) is 174 Å². The van der Waals surface area contributed by atoms with Gasteiger partial charge < -0.3 is 20.5 Å². The number of ether oxygens (including phenoxy) is 2. The zero-order valence-electron chi connectivity index (χ0n) is 30.5. The van der Waals surface area contributed by atoms with Gasteiger partial charge in [0.05, 0.1) is 14.2 Å². The van der Waals surface area contributed by atoms with Crippen molar-refractivity contribution in [1.29, 1.82) is 0 Å². The Bertz CT molecular complexity index is 1670. The number of halogens is 1. The van der Waals surface area contributed by atoms with Crippen molar-refractivity contribution >= 4 is 84.0 Å². The molecular formula is C39H48BrN4O8PS. The smallest absolute Gasteiger partial charge is 0.468 e. The predicted molar refractivity (Wildman–Crippen MR) is 217 cm³/mol. The Labute approximate surface area is 328 Å². The minimum absolute atomic E-state index is 0.0174. The van der Waals surface area contributed by atoms with Crippen LogP contribution in [0.1, 0.15) is 38.5 Å². The summed E-state index contributed by atoms with van der Waals surface area (Å²) in [6.45, 7) is -0.148. The Kier molecular flexibility index (Phi) is 15.8. The number of thioether (sulfide) groups is 1. The van der Waals surface area contributed by atoms with Gasteiger partial charge in [-0.3, -0.25) is 19.2 Å². The first-order valence-electron chi connectivity index (χ1n) is 17.8. The van der Waals surface area contributed by atoms with Gasteiger partial charge in [0, 0.05) is 6.42 Å². The molecule has 4 amide bonds. The number of methoxy groups -OCH3 is 2. The maximum absolute atomic E-state index is 13.4. The van der Waals surface area contributed by atoms with Crippen LogP contribution in [0, 0.1) is 0 Å². The number of hydrogen-bond acceptors (Lipinski definition) is 10. The number of nitrogens with zero attached hydrogens (tertiary/aromatic N) is 1. The van der Waals surface area contributed by atoms with Crippen molar-refractivity contribution in [2.75, 3.05) is 39.2 Å². The summed E-state index contributed by atoms with van der Waals surface area (Å²) in [4.78, 5) is 76.7. The molecule has 4 rings (SSSR count). The monoisotopic (exact) mass is 842 g/mol. The average molecular weight is 844 g/mol. The number of hydrogen-bond donors (Lipinski definition) is 3. The van der Waals surface area contributed by atoms with Crippen LogP contribution in [0.4, 0.5) is 0 Å². The Hall–Kier alpha value is -4.10. The Morgan fingerprint density at radius 2 is 1.43 bits per heavy atom. The van der Waals surface area contributed by atoms with Crippen LogP contribution in [0.2, 0.25) is 0 Å². The fourth-order valence-electron chi connectivity index (χ4n) is 6.50. The first-order chi connectivity index (χ1) is 25.9. The summed E-state index contributed by atoms with van der Waals surface area (Å²) in [5.41, 5.74) is 5.73. The van der Waals surface area contributed by atoms with E-state index in [4.69, 9.17) is 5.73 Å². The van der Waals surface area contributed by atoms with Gasteiger partial charge in [-0.25, -0.2) is 0 Å². The number of amides is 4. The molecule has 4 N–H and O–H groups in total. The predicted octanol–water partition coefficient (Wildman–Crippen LogP) is 2.91. The van der Waals surface area contributed by atoms with Crippen LogP contribution in [0.3, 0.4) is 0 Å². The van der Waals surface area contributed by atoms with Gasteiger partial charge in [0.1, 0.15) is 12.6 Å². The number of benzene rings is 3. The van der Waals surface area contributed by atoms with Gasteiger partial charge >= 0.3 is 244 Å². The van der Waals surface area contributed by atoms with Crippen molar-refractivity contribution < 1.29 is 38.2 Å². The van der Waals surface area contributed by atoms with Gasteiger partial charge in [-0.2, -0.15) is 0 Å². The minimum Gasteiger partial charge on any atom is -0.468 e. The number of nitrogens with one attached hydrogen (secondary N) is 2. The zero-order chi connectivity index (χ0) is 39.2. The molecule has 15 heteroatoms. The molecule has 0 aliphatic carbocycles. The molecule has 0 aromatic heterocycles. The van der Waals surface area contributed by atoms with Gasteiger partial charge in [-0.1, -0.05) is 0 Å². The molecule has 1 fully saturated rings. The number of likely N-dealkylation sites (tertiary alicyclic amines) is 1. The van der Waals surface area contributed by atoms with Crippen molar-refractivity contribution in [1.82, 2.24) is 15.5 Å². The molecule has 1 heterocycles. The summed E-state index contributed by atoms with van der Waals surface area (Å²) in [5, 5.41) is 4.85. The second kappa shape index (κ2) is 20.0. The van der Waals surface area contributed by atoms with Crippen molar-refractivity contribution in [3.63, 3.8) is 0 Å². The third-order valence-electron chi connectivity index (χ3n) is 9.48. The number of unbranched alkanes of at least 4 members (excludes halogenated alkanes) is 2. The van der Waals surface area contributed by atoms with E-state index in [0.29, 0.717) is 6.42 Å². The summed E-state index contributed by atoms with van der Waals surface area (Å²) < 4.78 is 9.16. The van der Waals surface area contributed by atoms with E-state index in [0.717, 1.165) is 30.8 Å². The molecule has 54 heavy (non-hydrogen) atoms. The number of imide groups is 1. The molecule has 3 aromatic rings. The molecule has 1 saturated heterocycles. The Balaban J connectivity index is 1.38. The molecular weight excluding hydrogens is 795 g/mol. The van der Waals surface area contributed by atoms with Gasteiger partial charge in [0.15, 0.2) is 0 Å². The van der Waals surface area contributed by atoms with E-state index >= 15 is 0 Å². The molecule has 0 spiro atoms. The number of esters is 2. The van der Waals surface area contributed by atoms with Crippen molar-refractivity contribution in [3.05, 3.63) is 91.0 Å². The van der Waals surface area contributed by atoms with Crippen LogP contribution in [0.25, 0.3) is 0 Å². The molecule has 12 nitrogen and oxygen atoms in total. The Morgan fingerprint density at radius 3 is 1.94 bits per heavy atom. The normalized spacial score (nSPS) is 16.1. The summed E-state index contributed by atoms with van der Waals surface area (Å²) in [7, 11) is 2.36. The third kappa shape index (κ3) is 10.3. The van der Waals surface area contributed by atoms with E-state index in [2.05, 4.69) is 108 Å². The SMILES string of the molecule is COC(=O)CNC(=O)C(CSC1CC(=O)N(CCCCCP(Br)(c2ccccc2)(c2ccccc2)c2ccccc2)C1=O)NC(=O)CCC(N)C(=O)OC. The molecule has 0 saturated carbocycles. The summed E-state index contributed by atoms with van der Waals surface area (Å²) in [6, 6.07) is 29.4. The second-order valence-corrected chi connectivity index (χ2v) is 23.3. The summed E-state index contributed by atoms with van der Waals surface area (Å²) >= 11 is 5.55. The van der Waals surface area contributed by atoms with Crippen molar-refractivity contribution in [2.24, 2.45) is 5.73 Å². The number of carbonyl (C=O) groups is 6. The second-order valence-electron chi connectivity index (χ2n) is 13.0. The molecule has 0 radical (unpaired) electrons. The van der Waals surface area contributed by atoms with Crippen LogP contribution in [-0.2, 0) is 38.2 Å². The van der Waals surface area contributed by atoms with Gasteiger partial charge in [-0.05, 0) is 6.42 Å². The van der Waals surface area contributed by atoms with Crippen LogP contribution in [0.5, 0.6) is 0 Å². The summed E-state index contributed by atoms with van der Waals surface area (Å²) in [6.07, 6.45) is 2.85. The quantitative estimate of drug-likeness (QED) is 0.0665. The van der Waals surface area contributed by atoms with Crippen LogP contribution < -0.4 is 32.3 Å². The van der Waals surface area contributed by atoms with E-state index in [1.807, 2.05) is 18.2 Å². The average Bonchev–Trinajstić information content (AvgIpc) is 3.48. The molecule has 3 unspecified atom stereocenters. The van der Waals surface area contributed by atoms with Crippen LogP contribution in [0.15, 0.2) is 91.0 Å². The Morgan fingerprint density at radius 1 is 0.870 bits per heavy atom. The first kappa shape index (κ1) is 42.6. The molecule has 0 bridgehead atoms. The van der Waals surface area contributed by atoms with Crippen LogP contribution in [-0.4, -0.2) is 97.0 Å². The van der Waals surface area contributed by atoms with Crippen molar-refractivity contribution in [2.45, 2.75) is 55.9 Å². The van der Waals surface area contributed by atoms with E-state index in [9.17, 15) is 28.8 Å². The molecule has 3 atom stereocenters. The molecule has 3 aromatic carbocycles. The first-order valence-corrected chi connectivity index (χ1v) is 23.2. The molecule has 290 valence electrons. The maximum atomic E-state index is 13.4. The fourth-order valence-corrected chi connectivity index (χ4v) is 15.4. The van der Waals surface area contributed by atoms with Crippen molar-refractivity contribution in [3.8, 4) is 0 Å². The van der Waals surface area contributed by atoms with E-state index in [1.165, 1.54) is 35.0 Å². The number of carbonyl (C=O) groups excluding carboxylic acids is 6. The molecule has 1 aliphatic heterocycles. The van der Waals surface area contributed by atoms with E-state index < -0.39 is 52.9 Å². The van der Waals surface area contributed by atoms with Gasteiger partial charge in [-0.15, -0.1) is 0 Å². The summed E-state index contributed by atoms with van der Waals surface area (Å²) in [5.74, 6) is -3.26.